The highest BCUT2D eigenvalue weighted by atomic mass is 35.5. The first-order chi connectivity index (χ1) is 31.5. The van der Waals surface area contributed by atoms with Crippen molar-refractivity contribution in [3.05, 3.63) is 92.5 Å². The molecule has 0 spiro atoms. The van der Waals surface area contributed by atoms with Crippen molar-refractivity contribution < 1.29 is 99.1 Å². The number of phenols is 2. The number of phenolic OH excluding ortho intramolecular Hbond substituents is 2. The van der Waals surface area contributed by atoms with Gasteiger partial charge in [0.05, 0.1) is 34.4 Å². The predicted molar refractivity (Wildman–Crippen MR) is 242 cm³/mol. The van der Waals surface area contributed by atoms with Crippen LogP contribution in [0, 0.1) is 23.7 Å². The Kier molecular flexibility index (Phi) is 14.1. The number of aliphatic hydroxyl groups is 8. The third-order valence-corrected chi connectivity index (χ3v) is 14.0. The van der Waals surface area contributed by atoms with E-state index in [1.807, 2.05) is 0 Å². The van der Waals surface area contributed by atoms with E-state index >= 15 is 0 Å². The van der Waals surface area contributed by atoms with Crippen LogP contribution in [0.2, 0.25) is 0 Å². The SMILES string of the molecule is CN(C)[C@@H]1C(=O)C(C(N)=O)=C(O)[C@@]2(O)C(=O)C3=C(O)c4c(O)cccc4[C@@](C)(O)[C@H]3C[C@@H]12.CN(C)[C@@H]1C(=O)C(C(N)=O)=C(O)[C@@]2(O)C(=O)C3=C(O)c4c(O)cccc4[C@@](C)(O)[C@H]3C[C@@H]12.Cl.O=P(O)(O)O. The van der Waals surface area contributed by atoms with Gasteiger partial charge in [0, 0.05) is 34.8 Å². The molecule has 0 heterocycles. The van der Waals surface area contributed by atoms with Crippen molar-refractivity contribution in [3.8, 4) is 11.5 Å². The fourth-order valence-electron chi connectivity index (χ4n) is 11.0. The summed E-state index contributed by atoms with van der Waals surface area (Å²) in [7, 11) is 1.38. The van der Waals surface area contributed by atoms with Crippen molar-refractivity contribution in [2.24, 2.45) is 35.1 Å². The van der Waals surface area contributed by atoms with Crippen LogP contribution in [0.15, 0.2) is 70.2 Å². The van der Waals surface area contributed by atoms with Crippen LogP contribution in [-0.4, -0.2) is 162 Å². The van der Waals surface area contributed by atoms with Gasteiger partial charge >= 0.3 is 7.82 Å². The quantitative estimate of drug-likeness (QED) is 0.126. The lowest BCUT2D eigenvalue weighted by molar-refractivity contribution is -0.160. The Morgan fingerprint density at radius 3 is 1.14 bits per heavy atom. The number of amides is 2. The number of hydrogen-bond acceptors (Lipinski definition) is 19. The lowest BCUT2D eigenvalue weighted by atomic mass is 9.54. The van der Waals surface area contributed by atoms with Crippen LogP contribution in [0.25, 0.3) is 11.5 Å². The Morgan fingerprint density at radius 1 is 0.600 bits per heavy atom. The summed E-state index contributed by atoms with van der Waals surface area (Å²) in [5.74, 6) is -15.8. The third-order valence-electron chi connectivity index (χ3n) is 14.0. The summed E-state index contributed by atoms with van der Waals surface area (Å²) < 4.78 is 8.88. The van der Waals surface area contributed by atoms with Gasteiger partial charge in [0.2, 0.25) is 11.6 Å². The molecule has 2 amide bonds. The van der Waals surface area contributed by atoms with Crippen LogP contribution in [0.3, 0.4) is 0 Å². The van der Waals surface area contributed by atoms with E-state index in [4.69, 9.17) is 30.7 Å². The number of nitrogens with two attached hydrogens (primary N) is 2. The van der Waals surface area contributed by atoms with Crippen LogP contribution >= 0.6 is 20.2 Å². The maximum Gasteiger partial charge on any atom is 0.466 e. The van der Waals surface area contributed by atoms with Gasteiger partial charge in [0.1, 0.15) is 45.7 Å². The minimum absolute atomic E-state index is 0. The summed E-state index contributed by atoms with van der Waals surface area (Å²) in [4.78, 5) is 102. The molecule has 6 aliphatic carbocycles. The molecule has 2 saturated carbocycles. The van der Waals surface area contributed by atoms with Gasteiger partial charge in [0.25, 0.3) is 11.8 Å². The first kappa shape index (κ1) is 54.9. The van der Waals surface area contributed by atoms with Crippen LogP contribution in [-0.2, 0) is 44.5 Å². The number of fused-ring (bicyclic) bond motifs is 6. The number of nitrogens with zero attached hydrogens (tertiary/aromatic N) is 2. The van der Waals surface area contributed by atoms with E-state index < -0.39 is 158 Å². The summed E-state index contributed by atoms with van der Waals surface area (Å²) in [6.45, 7) is 2.81. The zero-order valence-corrected chi connectivity index (χ0v) is 39.6. The van der Waals surface area contributed by atoms with Crippen molar-refractivity contribution in [1.82, 2.24) is 9.80 Å². The molecule has 10 atom stereocenters. The highest BCUT2D eigenvalue weighted by molar-refractivity contribution is 7.45. The highest BCUT2D eigenvalue weighted by Crippen LogP contribution is 2.59. The smallest absolute Gasteiger partial charge is 0.466 e. The number of aliphatic hydroxyl groups excluding tert-OH is 4. The molecule has 8 rings (SSSR count). The minimum Gasteiger partial charge on any atom is -0.508 e. The van der Waals surface area contributed by atoms with E-state index in [0.717, 1.165) is 0 Å². The number of primary amides is 2. The zero-order valence-electron chi connectivity index (χ0n) is 37.9. The fourth-order valence-corrected chi connectivity index (χ4v) is 11.0. The van der Waals surface area contributed by atoms with E-state index in [-0.39, 0.29) is 47.5 Å². The number of carbonyl (C=O) groups is 6. The lowest BCUT2D eigenvalue weighted by Gasteiger charge is -2.53. The Labute approximate surface area is 403 Å². The molecule has 70 heavy (non-hydrogen) atoms. The average Bonchev–Trinajstić information content (AvgIpc) is 3.20. The van der Waals surface area contributed by atoms with Crippen molar-refractivity contribution in [2.75, 3.05) is 28.2 Å². The van der Waals surface area contributed by atoms with Crippen molar-refractivity contribution in [1.29, 1.82) is 0 Å². The Bertz CT molecular complexity index is 2660. The first-order valence-corrected chi connectivity index (χ1v) is 22.3. The molecular formula is C44H52ClN4O20P. The molecule has 2 aromatic carbocycles. The predicted octanol–water partition coefficient (Wildman–Crippen LogP) is -1.25. The number of rotatable bonds is 4. The lowest BCUT2D eigenvalue weighted by Crippen LogP contribution is -2.67. The van der Waals surface area contributed by atoms with Gasteiger partial charge in [-0.2, -0.15) is 0 Å². The van der Waals surface area contributed by atoms with Gasteiger partial charge in [-0.1, -0.05) is 24.3 Å². The molecule has 0 bridgehead atoms. The van der Waals surface area contributed by atoms with Crippen LogP contribution in [0.4, 0.5) is 0 Å². The molecule has 6 aliphatic rings. The van der Waals surface area contributed by atoms with Crippen LogP contribution in [0.1, 0.15) is 48.9 Å². The molecule has 24 nitrogen and oxygen atoms in total. The minimum atomic E-state index is -4.64. The van der Waals surface area contributed by atoms with Crippen molar-refractivity contribution >= 4 is 66.7 Å². The van der Waals surface area contributed by atoms with Gasteiger partial charge in [-0.3, -0.25) is 38.6 Å². The van der Waals surface area contributed by atoms with E-state index in [2.05, 4.69) is 0 Å². The average molecular weight is 1020 g/mol. The molecule has 2 fully saturated rings. The monoisotopic (exact) mass is 1020 g/mol. The van der Waals surface area contributed by atoms with E-state index in [1.165, 1.54) is 88.2 Å². The topological polar surface area (TPSA) is 441 Å². The maximum absolute atomic E-state index is 13.7. The number of ketones is 4. The van der Waals surface area contributed by atoms with Gasteiger partial charge in [-0.25, -0.2) is 4.57 Å². The van der Waals surface area contributed by atoms with Gasteiger partial charge < -0.3 is 77.2 Å². The van der Waals surface area contributed by atoms with E-state index in [0.29, 0.717) is 0 Å². The molecular weight excluding hydrogens is 971 g/mol. The Balaban J connectivity index is 0.000000235. The first-order valence-electron chi connectivity index (χ1n) is 20.7. The molecule has 0 radical (unpaired) electrons. The molecule has 0 unspecified atom stereocenters. The summed E-state index contributed by atoms with van der Waals surface area (Å²) in [6, 6.07) is 6.03. The summed E-state index contributed by atoms with van der Waals surface area (Å²) >= 11 is 0. The number of aromatic hydroxyl groups is 2. The molecule has 0 saturated heterocycles. The Morgan fingerprint density at radius 2 is 0.886 bits per heavy atom. The van der Waals surface area contributed by atoms with Crippen molar-refractivity contribution in [3.63, 3.8) is 0 Å². The summed E-state index contributed by atoms with van der Waals surface area (Å²) in [6.07, 6.45) is -0.400. The van der Waals surface area contributed by atoms with E-state index in [1.54, 1.807) is 0 Å². The molecule has 2 aromatic rings. The molecule has 0 aliphatic heterocycles. The number of halogens is 1. The standard InChI is InChI=1S/2C22H24N2O8.ClH.H3O4P/c2*1-21(31)8-5-4-6-11(25)12(8)16(26)13-9(21)7-10-15(24(2)3)17(27)14(20(23)30)19(29)22(10,32)18(13)28;;1-5(2,3)4/h2*4-6,9-10,15,25-26,29,31-32H,7H2,1-3H3,(H2,23,30);1H;(H3,1,2,3,4)/t2*9-,10-,15-,21+,22-;;/m00../s1. The fraction of sp³-hybridized carbons (Fsp3) is 0.409. The van der Waals surface area contributed by atoms with Gasteiger partial charge in [-0.05, 0) is 78.1 Å². The summed E-state index contributed by atoms with van der Waals surface area (Å²) in [5, 5.41) is 110. The molecule has 380 valence electrons. The second kappa shape index (κ2) is 18.0. The van der Waals surface area contributed by atoms with E-state index in [9.17, 15) is 79.8 Å². The molecule has 0 aromatic heterocycles. The number of hydrogen-bond donors (Lipinski definition) is 15. The van der Waals surface area contributed by atoms with Crippen molar-refractivity contribution in [2.45, 2.75) is 61.2 Å². The number of benzene rings is 2. The van der Waals surface area contributed by atoms with Gasteiger partial charge in [-0.15, -0.1) is 12.4 Å². The number of phosphoric acid groups is 1. The maximum atomic E-state index is 13.7. The number of likely N-dealkylation sites (N-methyl/N-ethyl adjacent to an activating group) is 2. The normalized spacial score (nSPS) is 32.3. The second-order valence-electron chi connectivity index (χ2n) is 18.4. The summed E-state index contributed by atoms with van der Waals surface area (Å²) in [5.41, 5.74) is -1.10. The largest absolute Gasteiger partial charge is 0.508 e. The Hall–Kier alpha value is -6.02. The van der Waals surface area contributed by atoms with Crippen LogP contribution in [0.5, 0.6) is 11.5 Å². The van der Waals surface area contributed by atoms with Gasteiger partial charge in [0.15, 0.2) is 22.8 Å². The molecule has 26 heteroatoms. The number of carbonyl (C=O) groups excluding carboxylic acids is 6. The third kappa shape index (κ3) is 7.98. The molecule has 17 N–H and O–H groups in total. The highest BCUT2D eigenvalue weighted by Gasteiger charge is 2.68. The second-order valence-corrected chi connectivity index (χ2v) is 19.5. The number of Topliss-reactive ketones (excluding diaryl/α,β-unsaturated/α-hetero) is 4. The zero-order chi connectivity index (χ0) is 52.3. The van der Waals surface area contributed by atoms with Crippen LogP contribution < -0.4 is 11.5 Å².